The lowest BCUT2D eigenvalue weighted by atomic mass is 10.2. The number of rotatable bonds is 8. The smallest absolute Gasteiger partial charge is 0.278 e. The normalized spacial score (nSPS) is 11.5. The Morgan fingerprint density at radius 1 is 1.47 bits per heavy atom. The van der Waals surface area contributed by atoms with Crippen LogP contribution < -0.4 is 11.1 Å². The highest BCUT2D eigenvalue weighted by Gasteiger charge is 2.23. The fourth-order valence-electron chi connectivity index (χ4n) is 1.42. The highest BCUT2D eigenvalue weighted by atomic mass is 16.3. The summed E-state index contributed by atoms with van der Waals surface area (Å²) >= 11 is 0. The lowest BCUT2D eigenvalue weighted by Gasteiger charge is -2.21. The van der Waals surface area contributed by atoms with E-state index >= 15 is 0 Å². The molecule has 0 fully saturated rings. The van der Waals surface area contributed by atoms with Crippen LogP contribution in [0.3, 0.4) is 0 Å². The molecule has 0 aliphatic carbocycles. The highest BCUT2D eigenvalue weighted by molar-refractivity contribution is 6.07. The Bertz CT molecular complexity index is 360. The zero-order valence-electron chi connectivity index (χ0n) is 11.6. The quantitative estimate of drug-likeness (QED) is 0.543. The standard InChI is InChI=1S/C13H23N3O3/c1-4-7-15-12(10(3)14)13(19)16(8-6-9-17)11(18)5-2/h5,15,17H,2,4,6-9,14H2,1,3H3/b12-10-. The number of hydrogen-bond acceptors (Lipinski definition) is 5. The second-order valence-electron chi connectivity index (χ2n) is 4.06. The van der Waals surface area contributed by atoms with Crippen molar-refractivity contribution in [2.75, 3.05) is 19.7 Å². The first-order valence-electron chi connectivity index (χ1n) is 6.28. The molecule has 6 nitrogen and oxygen atoms in total. The molecule has 0 heterocycles. The molecule has 0 aromatic heterocycles. The Morgan fingerprint density at radius 3 is 2.53 bits per heavy atom. The topological polar surface area (TPSA) is 95.7 Å². The van der Waals surface area contributed by atoms with E-state index in [9.17, 15) is 9.59 Å². The lowest BCUT2D eigenvalue weighted by molar-refractivity contribution is -0.139. The van der Waals surface area contributed by atoms with Gasteiger partial charge >= 0.3 is 0 Å². The van der Waals surface area contributed by atoms with Crippen LogP contribution in [0.4, 0.5) is 0 Å². The first kappa shape index (κ1) is 17.2. The minimum absolute atomic E-state index is 0.1000. The molecule has 2 amide bonds. The molecule has 19 heavy (non-hydrogen) atoms. The zero-order chi connectivity index (χ0) is 14.8. The van der Waals surface area contributed by atoms with Gasteiger partial charge in [0.1, 0.15) is 5.70 Å². The minimum Gasteiger partial charge on any atom is -0.400 e. The molecule has 6 heteroatoms. The molecular formula is C13H23N3O3. The number of carbonyl (C=O) groups is 2. The Balaban J connectivity index is 5.07. The minimum atomic E-state index is -0.504. The van der Waals surface area contributed by atoms with Crippen LogP contribution in [-0.4, -0.2) is 41.5 Å². The van der Waals surface area contributed by atoms with Crippen LogP contribution in [0.15, 0.2) is 24.0 Å². The largest absolute Gasteiger partial charge is 0.400 e. The van der Waals surface area contributed by atoms with Gasteiger partial charge in [-0.1, -0.05) is 13.5 Å². The van der Waals surface area contributed by atoms with E-state index in [4.69, 9.17) is 10.8 Å². The molecule has 0 aliphatic heterocycles. The molecule has 0 aromatic carbocycles. The van der Waals surface area contributed by atoms with Gasteiger partial charge in [-0.15, -0.1) is 0 Å². The number of aliphatic hydroxyl groups excluding tert-OH is 1. The van der Waals surface area contributed by atoms with Crippen LogP contribution in [0.1, 0.15) is 26.7 Å². The molecule has 0 saturated carbocycles. The summed E-state index contributed by atoms with van der Waals surface area (Å²) in [6.45, 7) is 7.54. The van der Waals surface area contributed by atoms with Gasteiger partial charge in [-0.2, -0.15) is 0 Å². The number of imide groups is 1. The van der Waals surface area contributed by atoms with Gasteiger partial charge in [-0.25, -0.2) is 0 Å². The van der Waals surface area contributed by atoms with Crippen LogP contribution in [0.25, 0.3) is 0 Å². The summed E-state index contributed by atoms with van der Waals surface area (Å²) in [5.74, 6) is -0.998. The average molecular weight is 269 g/mol. The number of nitrogens with one attached hydrogen (secondary N) is 1. The van der Waals surface area contributed by atoms with Crippen molar-refractivity contribution in [1.82, 2.24) is 10.2 Å². The predicted molar refractivity (Wildman–Crippen MR) is 73.8 cm³/mol. The summed E-state index contributed by atoms with van der Waals surface area (Å²) < 4.78 is 0. The van der Waals surface area contributed by atoms with E-state index in [1.807, 2.05) is 6.92 Å². The predicted octanol–water partition coefficient (Wildman–Crippen LogP) is 0.0998. The Hall–Kier alpha value is -1.82. The zero-order valence-corrected chi connectivity index (χ0v) is 11.6. The number of carbonyl (C=O) groups excluding carboxylic acids is 2. The van der Waals surface area contributed by atoms with Gasteiger partial charge in [-0.3, -0.25) is 14.5 Å². The molecule has 0 aromatic rings. The van der Waals surface area contributed by atoms with Crippen molar-refractivity contribution in [3.63, 3.8) is 0 Å². The second kappa shape index (κ2) is 9.16. The molecule has 0 bridgehead atoms. The van der Waals surface area contributed by atoms with E-state index in [0.29, 0.717) is 18.7 Å². The summed E-state index contributed by atoms with van der Waals surface area (Å²) in [6, 6.07) is 0. The summed E-state index contributed by atoms with van der Waals surface area (Å²) in [7, 11) is 0. The molecule has 0 unspecified atom stereocenters. The third-order valence-corrected chi connectivity index (χ3v) is 2.39. The van der Waals surface area contributed by atoms with Crippen molar-refractivity contribution in [3.05, 3.63) is 24.0 Å². The van der Waals surface area contributed by atoms with E-state index in [2.05, 4.69) is 11.9 Å². The number of hydrogen-bond donors (Lipinski definition) is 3. The number of aliphatic hydroxyl groups is 1. The van der Waals surface area contributed by atoms with Crippen molar-refractivity contribution in [2.24, 2.45) is 5.73 Å². The third kappa shape index (κ3) is 5.56. The Morgan fingerprint density at radius 2 is 2.11 bits per heavy atom. The van der Waals surface area contributed by atoms with Gasteiger partial charge < -0.3 is 16.2 Å². The average Bonchev–Trinajstić information content (AvgIpc) is 2.38. The summed E-state index contributed by atoms with van der Waals surface area (Å²) in [4.78, 5) is 25.0. The number of allylic oxidation sites excluding steroid dienone is 1. The molecule has 108 valence electrons. The molecular weight excluding hydrogens is 246 g/mol. The fourth-order valence-corrected chi connectivity index (χ4v) is 1.42. The number of amides is 2. The van der Waals surface area contributed by atoms with Crippen LogP contribution in [0.2, 0.25) is 0 Å². The summed E-state index contributed by atoms with van der Waals surface area (Å²) in [5.41, 5.74) is 6.21. The van der Waals surface area contributed by atoms with Gasteiger partial charge in [0.15, 0.2) is 0 Å². The van der Waals surface area contributed by atoms with Crippen molar-refractivity contribution in [3.8, 4) is 0 Å². The molecule has 0 aliphatic rings. The van der Waals surface area contributed by atoms with E-state index in [1.54, 1.807) is 6.92 Å². The highest BCUT2D eigenvalue weighted by Crippen LogP contribution is 2.05. The van der Waals surface area contributed by atoms with E-state index in [-0.39, 0.29) is 18.8 Å². The van der Waals surface area contributed by atoms with Crippen molar-refractivity contribution in [1.29, 1.82) is 0 Å². The maximum absolute atomic E-state index is 12.3. The SMILES string of the molecule is C=CC(=O)N(CCCO)C(=O)/C(NCCC)=C(\C)N. The van der Waals surface area contributed by atoms with Crippen LogP contribution in [-0.2, 0) is 9.59 Å². The van der Waals surface area contributed by atoms with Gasteiger partial charge in [0.2, 0.25) is 0 Å². The maximum Gasteiger partial charge on any atom is 0.278 e. The summed E-state index contributed by atoms with van der Waals surface area (Å²) in [5, 5.41) is 11.7. The van der Waals surface area contributed by atoms with E-state index < -0.39 is 11.8 Å². The molecule has 4 N–H and O–H groups in total. The van der Waals surface area contributed by atoms with Gasteiger partial charge in [0, 0.05) is 25.4 Å². The molecule has 0 rings (SSSR count). The van der Waals surface area contributed by atoms with Crippen LogP contribution in [0.5, 0.6) is 0 Å². The van der Waals surface area contributed by atoms with Crippen molar-refractivity contribution >= 4 is 11.8 Å². The van der Waals surface area contributed by atoms with Crippen LogP contribution in [0, 0.1) is 0 Å². The first-order chi connectivity index (χ1) is 8.99. The number of nitrogens with zero attached hydrogens (tertiary/aromatic N) is 1. The van der Waals surface area contributed by atoms with Gasteiger partial charge in [0.25, 0.3) is 11.8 Å². The van der Waals surface area contributed by atoms with E-state index in [1.165, 1.54) is 0 Å². The monoisotopic (exact) mass is 269 g/mol. The maximum atomic E-state index is 12.3. The third-order valence-electron chi connectivity index (χ3n) is 2.39. The molecule has 0 saturated heterocycles. The molecule has 0 atom stereocenters. The fraction of sp³-hybridized carbons (Fsp3) is 0.538. The second-order valence-corrected chi connectivity index (χ2v) is 4.06. The lowest BCUT2D eigenvalue weighted by Crippen LogP contribution is -2.42. The van der Waals surface area contributed by atoms with Gasteiger partial charge in [-0.05, 0) is 25.8 Å². The van der Waals surface area contributed by atoms with Crippen molar-refractivity contribution in [2.45, 2.75) is 26.7 Å². The van der Waals surface area contributed by atoms with E-state index in [0.717, 1.165) is 17.4 Å². The number of nitrogens with two attached hydrogens (primary N) is 1. The van der Waals surface area contributed by atoms with Crippen LogP contribution >= 0.6 is 0 Å². The van der Waals surface area contributed by atoms with Gasteiger partial charge in [0.05, 0.1) is 0 Å². The first-order valence-corrected chi connectivity index (χ1v) is 6.28. The molecule has 0 spiro atoms. The Kier molecular flexibility index (Phi) is 8.28. The summed E-state index contributed by atoms with van der Waals surface area (Å²) in [6.07, 6.45) is 2.21. The Labute approximate surface area is 114 Å². The molecule has 0 radical (unpaired) electrons. The van der Waals surface area contributed by atoms with Crippen molar-refractivity contribution < 1.29 is 14.7 Å².